The Kier molecular flexibility index (Phi) is 6.07. The Bertz CT molecular complexity index is 936. The summed E-state index contributed by atoms with van der Waals surface area (Å²) < 4.78 is 43.2. The summed E-state index contributed by atoms with van der Waals surface area (Å²) in [5.41, 5.74) is 1.46. The molecule has 1 fully saturated rings. The van der Waals surface area contributed by atoms with Gasteiger partial charge in [-0.25, -0.2) is 4.79 Å². The number of likely N-dealkylation sites (N-methyl/N-ethyl adjacent to an activating group) is 1. The fraction of sp³-hybridized carbons (Fsp3) is 0.421. The number of morpholine rings is 1. The number of nitrogens with zero attached hydrogens (tertiary/aromatic N) is 1. The van der Waals surface area contributed by atoms with Crippen LogP contribution in [-0.4, -0.2) is 52.6 Å². The number of aryl methyl sites for hydroxylation is 1. The highest BCUT2D eigenvalue weighted by Gasteiger charge is 2.25. The van der Waals surface area contributed by atoms with Gasteiger partial charge in [0.15, 0.2) is 0 Å². The van der Waals surface area contributed by atoms with Gasteiger partial charge in [0.2, 0.25) is 5.09 Å². The molecule has 1 aliphatic heterocycles. The van der Waals surface area contributed by atoms with E-state index in [9.17, 15) is 13.2 Å². The zero-order chi connectivity index (χ0) is 20.3. The van der Waals surface area contributed by atoms with E-state index in [4.69, 9.17) is 9.15 Å². The number of anilines is 1. The summed E-state index contributed by atoms with van der Waals surface area (Å²) in [6, 6.07) is 8.20. The normalized spacial score (nSPS) is 18.0. The van der Waals surface area contributed by atoms with Crippen molar-refractivity contribution in [2.24, 2.45) is 0 Å². The van der Waals surface area contributed by atoms with Gasteiger partial charge in [-0.1, -0.05) is 19.1 Å². The molecule has 0 spiro atoms. The second kappa shape index (κ2) is 8.34. The molecule has 0 aliphatic carbocycles. The number of sulfonamides is 1. The van der Waals surface area contributed by atoms with Crippen LogP contribution in [0.15, 0.2) is 39.8 Å². The first-order valence-electron chi connectivity index (χ1n) is 8.99. The van der Waals surface area contributed by atoms with Crippen LogP contribution in [0, 0.1) is 6.92 Å². The van der Waals surface area contributed by atoms with Crippen molar-refractivity contribution in [2.75, 3.05) is 38.1 Å². The smallest absolute Gasteiger partial charge is 0.341 e. The highest BCUT2D eigenvalue weighted by atomic mass is 32.2. The van der Waals surface area contributed by atoms with E-state index in [1.54, 1.807) is 12.1 Å². The lowest BCUT2D eigenvalue weighted by atomic mass is 10.1. The van der Waals surface area contributed by atoms with Crippen molar-refractivity contribution in [1.29, 1.82) is 0 Å². The Hall–Kier alpha value is -2.36. The molecule has 1 unspecified atom stereocenters. The second-order valence-electron chi connectivity index (χ2n) is 6.51. The molecular formula is C19H24N2O6S. The van der Waals surface area contributed by atoms with E-state index in [0.717, 1.165) is 31.3 Å². The van der Waals surface area contributed by atoms with Gasteiger partial charge in [-0.15, -0.1) is 0 Å². The molecule has 2 aromatic rings. The van der Waals surface area contributed by atoms with Gasteiger partial charge in [0.1, 0.15) is 11.3 Å². The summed E-state index contributed by atoms with van der Waals surface area (Å²) in [5.74, 6) is -0.474. The van der Waals surface area contributed by atoms with Gasteiger partial charge in [-0.3, -0.25) is 9.62 Å². The van der Waals surface area contributed by atoms with Crippen LogP contribution in [0.2, 0.25) is 0 Å². The quantitative estimate of drug-likeness (QED) is 0.734. The highest BCUT2D eigenvalue weighted by Crippen LogP contribution is 2.26. The molecule has 0 saturated carbocycles. The molecule has 1 N–H and O–H groups in total. The maximum atomic E-state index is 12.6. The van der Waals surface area contributed by atoms with Crippen molar-refractivity contribution in [2.45, 2.75) is 25.0 Å². The van der Waals surface area contributed by atoms with Crippen LogP contribution in [0.1, 0.15) is 34.7 Å². The van der Waals surface area contributed by atoms with Gasteiger partial charge in [-0.2, -0.15) is 8.42 Å². The number of esters is 1. The van der Waals surface area contributed by atoms with Crippen LogP contribution in [0.5, 0.6) is 0 Å². The Morgan fingerprint density at radius 2 is 2.04 bits per heavy atom. The minimum atomic E-state index is -3.97. The number of benzene rings is 1. The Balaban J connectivity index is 1.73. The van der Waals surface area contributed by atoms with Gasteiger partial charge >= 0.3 is 5.97 Å². The number of ether oxygens (including phenoxy) is 2. The molecule has 152 valence electrons. The lowest BCUT2D eigenvalue weighted by Gasteiger charge is -2.32. The summed E-state index contributed by atoms with van der Waals surface area (Å²) in [7, 11) is -2.75. The predicted molar refractivity (Wildman–Crippen MR) is 103 cm³/mol. The fourth-order valence-corrected chi connectivity index (χ4v) is 4.12. The summed E-state index contributed by atoms with van der Waals surface area (Å²) in [6.07, 6.45) is -0.0327. The molecule has 1 aromatic heterocycles. The maximum absolute atomic E-state index is 12.6. The Labute approximate surface area is 164 Å². The molecule has 28 heavy (non-hydrogen) atoms. The van der Waals surface area contributed by atoms with E-state index in [1.165, 1.54) is 14.0 Å². The number of nitrogens with one attached hydrogen (secondary N) is 1. The standard InChI is InChI=1S/C19H24N2O6S/c1-4-21-9-10-26-17(12-21)14-5-7-15(8-6-14)20-28(23,24)18-11-16(13(2)27-18)19(22)25-3/h5-8,11,17,20H,4,9-10,12H2,1-3H3. The molecule has 1 atom stereocenters. The van der Waals surface area contributed by atoms with E-state index >= 15 is 0 Å². The number of hydrogen-bond acceptors (Lipinski definition) is 7. The SMILES string of the molecule is CCN1CCOC(c2ccc(NS(=O)(=O)c3cc(C(=O)OC)c(C)o3)cc2)C1. The van der Waals surface area contributed by atoms with E-state index in [0.29, 0.717) is 12.3 Å². The van der Waals surface area contributed by atoms with Crippen molar-refractivity contribution < 1.29 is 27.1 Å². The molecule has 1 saturated heterocycles. The molecule has 0 amide bonds. The number of carbonyl (C=O) groups is 1. The predicted octanol–water partition coefficient (Wildman–Crippen LogP) is 2.57. The van der Waals surface area contributed by atoms with E-state index in [-0.39, 0.29) is 22.5 Å². The molecule has 3 rings (SSSR count). The lowest BCUT2D eigenvalue weighted by molar-refractivity contribution is -0.0281. The average molecular weight is 408 g/mol. The summed E-state index contributed by atoms with van der Waals surface area (Å²) >= 11 is 0. The minimum Gasteiger partial charge on any atom is -0.465 e. The number of carbonyl (C=O) groups excluding carboxylic acids is 1. The van der Waals surface area contributed by atoms with Crippen LogP contribution < -0.4 is 4.72 Å². The third-order valence-corrected chi connectivity index (χ3v) is 5.93. The molecule has 8 nitrogen and oxygen atoms in total. The van der Waals surface area contributed by atoms with Gasteiger partial charge in [0.05, 0.1) is 19.8 Å². The summed E-state index contributed by atoms with van der Waals surface area (Å²) in [4.78, 5) is 14.0. The molecule has 1 aliphatic rings. The lowest BCUT2D eigenvalue weighted by Crippen LogP contribution is -2.38. The van der Waals surface area contributed by atoms with Gasteiger partial charge in [0, 0.05) is 24.8 Å². The third kappa shape index (κ3) is 4.37. The molecule has 0 bridgehead atoms. The Morgan fingerprint density at radius 1 is 1.32 bits per heavy atom. The topological polar surface area (TPSA) is 98.1 Å². The minimum absolute atomic E-state index is 0.0327. The van der Waals surface area contributed by atoms with Crippen LogP contribution in [0.3, 0.4) is 0 Å². The van der Waals surface area contributed by atoms with Gasteiger partial charge in [-0.05, 0) is 31.2 Å². The number of rotatable bonds is 6. The van der Waals surface area contributed by atoms with Gasteiger partial charge < -0.3 is 13.9 Å². The third-order valence-electron chi connectivity index (χ3n) is 4.70. The first-order valence-corrected chi connectivity index (χ1v) is 10.5. The molecule has 2 heterocycles. The van der Waals surface area contributed by atoms with Crippen molar-refractivity contribution in [3.8, 4) is 0 Å². The Morgan fingerprint density at radius 3 is 2.68 bits per heavy atom. The van der Waals surface area contributed by atoms with Crippen molar-refractivity contribution in [3.05, 3.63) is 47.2 Å². The molecule has 0 radical (unpaired) electrons. The maximum Gasteiger partial charge on any atom is 0.341 e. The van der Waals surface area contributed by atoms with Crippen molar-refractivity contribution in [1.82, 2.24) is 4.90 Å². The monoisotopic (exact) mass is 408 g/mol. The van der Waals surface area contributed by atoms with Crippen molar-refractivity contribution >= 4 is 21.7 Å². The highest BCUT2D eigenvalue weighted by molar-refractivity contribution is 7.92. The number of hydrogen-bond donors (Lipinski definition) is 1. The van der Waals surface area contributed by atoms with Crippen LogP contribution in [-0.2, 0) is 19.5 Å². The zero-order valence-electron chi connectivity index (χ0n) is 16.1. The molecule has 9 heteroatoms. The number of furan rings is 1. The second-order valence-corrected chi connectivity index (χ2v) is 8.12. The number of methoxy groups -OCH3 is 1. The van der Waals surface area contributed by atoms with Crippen molar-refractivity contribution in [3.63, 3.8) is 0 Å². The van der Waals surface area contributed by atoms with E-state index in [1.807, 2.05) is 12.1 Å². The zero-order valence-corrected chi connectivity index (χ0v) is 16.9. The van der Waals surface area contributed by atoms with Crippen LogP contribution in [0.25, 0.3) is 0 Å². The first kappa shape index (κ1) is 20.4. The molecule has 1 aromatic carbocycles. The largest absolute Gasteiger partial charge is 0.465 e. The summed E-state index contributed by atoms with van der Waals surface area (Å²) in [5, 5.41) is -0.344. The van der Waals surface area contributed by atoms with Crippen LogP contribution >= 0.6 is 0 Å². The first-order chi connectivity index (χ1) is 13.3. The van der Waals surface area contributed by atoms with E-state index in [2.05, 4.69) is 21.3 Å². The summed E-state index contributed by atoms with van der Waals surface area (Å²) in [6.45, 7) is 6.98. The average Bonchev–Trinajstić information content (AvgIpc) is 3.10. The van der Waals surface area contributed by atoms with Gasteiger partial charge in [0.25, 0.3) is 10.0 Å². The van der Waals surface area contributed by atoms with E-state index < -0.39 is 16.0 Å². The van der Waals surface area contributed by atoms with Crippen LogP contribution in [0.4, 0.5) is 5.69 Å². The molecular weight excluding hydrogens is 384 g/mol. The fourth-order valence-electron chi connectivity index (χ4n) is 3.06.